The Bertz CT molecular complexity index is 1020. The summed E-state index contributed by atoms with van der Waals surface area (Å²) in [6.07, 6.45) is 0. The second-order valence-electron chi connectivity index (χ2n) is 6.50. The number of thiophene rings is 1. The zero-order valence-electron chi connectivity index (χ0n) is 15.7. The topological polar surface area (TPSA) is 83.7 Å². The molecule has 1 aliphatic rings. The van der Waals surface area contributed by atoms with Gasteiger partial charge < -0.3 is 24.6 Å². The zero-order chi connectivity index (χ0) is 20.1. The zero-order valence-corrected chi connectivity index (χ0v) is 16.5. The van der Waals surface area contributed by atoms with Crippen LogP contribution in [0.4, 0.5) is 0 Å². The first kappa shape index (κ1) is 19.3. The van der Waals surface area contributed by atoms with Crippen LogP contribution in [0.1, 0.15) is 16.7 Å². The van der Waals surface area contributed by atoms with Gasteiger partial charge in [0, 0.05) is 24.0 Å². The van der Waals surface area contributed by atoms with Crippen molar-refractivity contribution in [1.82, 2.24) is 5.32 Å². The van der Waals surface area contributed by atoms with Gasteiger partial charge >= 0.3 is 0 Å². The van der Waals surface area contributed by atoms with E-state index in [9.17, 15) is 5.26 Å². The summed E-state index contributed by atoms with van der Waals surface area (Å²) in [5.41, 5.74) is 4.42. The number of fused-ring (bicyclic) bond motifs is 1. The number of hydrogen-bond donors (Lipinski definition) is 2. The van der Waals surface area contributed by atoms with E-state index in [1.807, 2.05) is 47.8 Å². The van der Waals surface area contributed by atoms with Crippen molar-refractivity contribution in [2.45, 2.75) is 13.2 Å². The van der Waals surface area contributed by atoms with Crippen molar-refractivity contribution in [2.24, 2.45) is 0 Å². The molecule has 1 aliphatic heterocycles. The van der Waals surface area contributed by atoms with E-state index in [4.69, 9.17) is 19.3 Å². The Hall–Kier alpha value is -3.05. The van der Waals surface area contributed by atoms with Gasteiger partial charge in [-0.1, -0.05) is 30.3 Å². The Balaban J connectivity index is 1.44. The third-order valence-electron chi connectivity index (χ3n) is 4.56. The average Bonchev–Trinajstić information content (AvgIpc) is 3.39. The molecule has 6 nitrogen and oxygen atoms in total. The molecule has 0 bridgehead atoms. The molecule has 4 rings (SSSR count). The molecule has 0 amide bonds. The van der Waals surface area contributed by atoms with Crippen LogP contribution in [0, 0.1) is 11.3 Å². The van der Waals surface area contributed by atoms with Crippen LogP contribution in [-0.4, -0.2) is 25.1 Å². The number of benzene rings is 2. The van der Waals surface area contributed by atoms with E-state index < -0.39 is 0 Å². The lowest BCUT2D eigenvalue weighted by Crippen LogP contribution is -2.17. The summed E-state index contributed by atoms with van der Waals surface area (Å²) in [6.45, 7) is 2.02. The van der Waals surface area contributed by atoms with E-state index in [0.717, 1.165) is 22.3 Å². The molecule has 0 atom stereocenters. The number of ether oxygens (including phenoxy) is 3. The van der Waals surface area contributed by atoms with Crippen LogP contribution in [-0.2, 0) is 13.2 Å². The average molecular weight is 408 g/mol. The molecule has 148 valence electrons. The third kappa shape index (κ3) is 4.35. The molecular formula is C22H20N2O4S. The van der Waals surface area contributed by atoms with Gasteiger partial charge in [0.05, 0.1) is 6.61 Å². The Kier molecular flexibility index (Phi) is 5.96. The number of nitrogens with one attached hydrogen (secondary N) is 1. The number of rotatable bonds is 8. The van der Waals surface area contributed by atoms with Crippen molar-refractivity contribution in [1.29, 1.82) is 5.26 Å². The summed E-state index contributed by atoms with van der Waals surface area (Å²) in [4.78, 5) is 0. The highest BCUT2D eigenvalue weighted by atomic mass is 32.1. The summed E-state index contributed by atoms with van der Waals surface area (Å²) in [5.74, 6) is 1.41. The van der Waals surface area contributed by atoms with Crippen LogP contribution in [0.25, 0.3) is 11.1 Å². The minimum absolute atomic E-state index is 0.127. The van der Waals surface area contributed by atoms with Gasteiger partial charge in [0.15, 0.2) is 16.6 Å². The minimum Gasteiger partial charge on any atom is -0.478 e. The normalized spacial score (nSPS) is 12.0. The van der Waals surface area contributed by atoms with Gasteiger partial charge in [-0.15, -0.1) is 11.3 Å². The second kappa shape index (κ2) is 8.97. The molecule has 7 heteroatoms. The van der Waals surface area contributed by atoms with Crippen molar-refractivity contribution in [3.8, 4) is 33.8 Å². The van der Waals surface area contributed by atoms with Crippen LogP contribution in [0.5, 0.6) is 16.6 Å². The maximum atomic E-state index is 9.68. The number of nitriles is 1. The van der Waals surface area contributed by atoms with E-state index in [1.165, 1.54) is 11.3 Å². The summed E-state index contributed by atoms with van der Waals surface area (Å²) in [7, 11) is 0. The molecule has 2 heterocycles. The van der Waals surface area contributed by atoms with Crippen LogP contribution >= 0.6 is 11.3 Å². The highest BCUT2D eigenvalue weighted by molar-refractivity contribution is 7.12. The minimum atomic E-state index is 0.127. The summed E-state index contributed by atoms with van der Waals surface area (Å²) < 4.78 is 16.7. The Morgan fingerprint density at radius 2 is 1.90 bits per heavy atom. The standard InChI is InChI=1S/C22H20N2O4S/c23-10-18-19(17-5-6-20-21(9-17)28-14-27-20)13-29-22(18)26-12-16-3-1-15(2-4-16)11-24-7-8-25/h1-6,9,13,24-25H,7-8,11-12,14H2. The maximum absolute atomic E-state index is 9.68. The van der Waals surface area contributed by atoms with Crippen LogP contribution in [0.15, 0.2) is 47.8 Å². The number of nitrogens with zero attached hydrogens (tertiary/aromatic N) is 1. The predicted molar refractivity (Wildman–Crippen MR) is 110 cm³/mol. The van der Waals surface area contributed by atoms with E-state index in [-0.39, 0.29) is 13.4 Å². The Morgan fingerprint density at radius 1 is 1.10 bits per heavy atom. The molecule has 2 aromatic carbocycles. The summed E-state index contributed by atoms with van der Waals surface area (Å²) >= 11 is 1.41. The van der Waals surface area contributed by atoms with Crippen molar-refractivity contribution >= 4 is 11.3 Å². The smallest absolute Gasteiger partial charge is 0.231 e. The fourth-order valence-electron chi connectivity index (χ4n) is 3.04. The van der Waals surface area contributed by atoms with E-state index in [2.05, 4.69) is 11.4 Å². The summed E-state index contributed by atoms with van der Waals surface area (Å²) in [6, 6.07) is 16.0. The lowest BCUT2D eigenvalue weighted by Gasteiger charge is -2.07. The van der Waals surface area contributed by atoms with Gasteiger partial charge in [-0.3, -0.25) is 0 Å². The van der Waals surface area contributed by atoms with Gasteiger partial charge in [0.2, 0.25) is 6.79 Å². The quantitative estimate of drug-likeness (QED) is 0.553. The van der Waals surface area contributed by atoms with E-state index >= 15 is 0 Å². The highest BCUT2D eigenvalue weighted by Gasteiger charge is 2.18. The van der Waals surface area contributed by atoms with Crippen molar-refractivity contribution in [3.63, 3.8) is 0 Å². The first-order valence-corrected chi connectivity index (χ1v) is 10.1. The lowest BCUT2D eigenvalue weighted by molar-refractivity contribution is 0.174. The number of hydrogen-bond acceptors (Lipinski definition) is 7. The fourth-order valence-corrected chi connectivity index (χ4v) is 3.92. The predicted octanol–water partition coefficient (Wildman–Crippen LogP) is 3.68. The fraction of sp³-hybridized carbons (Fsp3) is 0.227. The molecule has 29 heavy (non-hydrogen) atoms. The molecule has 0 saturated heterocycles. The Labute approximate surface area is 172 Å². The molecule has 0 spiro atoms. The molecule has 0 fully saturated rings. The second-order valence-corrected chi connectivity index (χ2v) is 7.34. The van der Waals surface area contributed by atoms with Crippen molar-refractivity contribution in [2.75, 3.05) is 19.9 Å². The van der Waals surface area contributed by atoms with Gasteiger partial charge in [-0.05, 0) is 28.8 Å². The van der Waals surface area contributed by atoms with Gasteiger partial charge in [0.25, 0.3) is 0 Å². The molecule has 3 aromatic rings. The third-order valence-corrected chi connectivity index (χ3v) is 5.45. The summed E-state index contributed by atoms with van der Waals surface area (Å²) in [5, 5.41) is 24.2. The number of aliphatic hydroxyl groups is 1. The first-order valence-electron chi connectivity index (χ1n) is 9.22. The van der Waals surface area contributed by atoms with Crippen molar-refractivity contribution in [3.05, 3.63) is 64.5 Å². The van der Waals surface area contributed by atoms with Crippen LogP contribution in [0.3, 0.4) is 0 Å². The van der Waals surface area contributed by atoms with Gasteiger partial charge in [-0.2, -0.15) is 5.26 Å². The highest BCUT2D eigenvalue weighted by Crippen LogP contribution is 2.41. The molecule has 2 N–H and O–H groups in total. The van der Waals surface area contributed by atoms with Crippen molar-refractivity contribution < 1.29 is 19.3 Å². The molecule has 0 radical (unpaired) electrons. The molecular weight excluding hydrogens is 388 g/mol. The molecule has 1 aromatic heterocycles. The van der Waals surface area contributed by atoms with Crippen LogP contribution in [0.2, 0.25) is 0 Å². The molecule has 0 unspecified atom stereocenters. The maximum Gasteiger partial charge on any atom is 0.231 e. The molecule has 0 aliphatic carbocycles. The van der Waals surface area contributed by atoms with E-state index in [1.54, 1.807) is 0 Å². The van der Waals surface area contributed by atoms with Gasteiger partial charge in [-0.25, -0.2) is 0 Å². The lowest BCUT2D eigenvalue weighted by atomic mass is 10.0. The van der Waals surface area contributed by atoms with Gasteiger partial charge in [0.1, 0.15) is 18.2 Å². The van der Waals surface area contributed by atoms with Crippen LogP contribution < -0.4 is 19.5 Å². The first-order chi connectivity index (χ1) is 14.3. The Morgan fingerprint density at radius 3 is 2.69 bits per heavy atom. The SMILES string of the molecule is N#Cc1c(-c2ccc3c(c2)OCO3)csc1OCc1ccc(CNCCO)cc1. The van der Waals surface area contributed by atoms with E-state index in [0.29, 0.717) is 41.8 Å². The monoisotopic (exact) mass is 408 g/mol. The number of aliphatic hydroxyl groups excluding tert-OH is 1. The molecule has 0 saturated carbocycles. The largest absolute Gasteiger partial charge is 0.478 e.